The van der Waals surface area contributed by atoms with Crippen LogP contribution in [0.15, 0.2) is 12.2 Å². The molecule has 0 bridgehead atoms. The van der Waals surface area contributed by atoms with E-state index < -0.39 is 0 Å². The van der Waals surface area contributed by atoms with Crippen LogP contribution in [0.4, 0.5) is 0 Å². The van der Waals surface area contributed by atoms with Gasteiger partial charge in [-0.15, -0.1) is 0 Å². The molecule has 0 aliphatic heterocycles. The first kappa shape index (κ1) is 5.48. The van der Waals surface area contributed by atoms with Gasteiger partial charge < -0.3 is 5.73 Å². The molecule has 2 N–H and O–H groups in total. The molecule has 0 atom stereocenters. The lowest BCUT2D eigenvalue weighted by molar-refractivity contribution is 0.428. The molecule has 1 heteroatoms. The number of rotatable bonds is 1. The highest BCUT2D eigenvalue weighted by atomic mass is 14.8. The number of allylic oxidation sites excluding steroid dienone is 2. The normalized spacial score (nSPS) is 31.2. The Balaban J connectivity index is 2.00. The zero-order chi connectivity index (χ0) is 6.32. The van der Waals surface area contributed by atoms with Gasteiger partial charge >= 0.3 is 0 Å². The maximum Gasteiger partial charge on any atom is 0.0190 e. The molecule has 0 aromatic rings. The lowest BCUT2D eigenvalue weighted by Crippen LogP contribution is -2.30. The minimum Gasteiger partial charge on any atom is -0.325 e. The molecule has 1 fully saturated rings. The van der Waals surface area contributed by atoms with Crippen molar-refractivity contribution in [1.82, 2.24) is 0 Å². The van der Waals surface area contributed by atoms with E-state index in [0.29, 0.717) is 0 Å². The van der Waals surface area contributed by atoms with Gasteiger partial charge in [-0.05, 0) is 31.6 Å². The van der Waals surface area contributed by atoms with Gasteiger partial charge in [-0.1, -0.05) is 12.2 Å². The molecule has 0 radical (unpaired) electrons. The first-order valence-corrected chi connectivity index (χ1v) is 3.75. The monoisotopic (exact) mass is 123 g/mol. The summed E-state index contributed by atoms with van der Waals surface area (Å²) in [5.74, 6) is 0.789. The Morgan fingerprint density at radius 1 is 1.22 bits per heavy atom. The molecule has 9 heavy (non-hydrogen) atoms. The summed E-state index contributed by atoms with van der Waals surface area (Å²) >= 11 is 0. The summed E-state index contributed by atoms with van der Waals surface area (Å²) in [6.07, 6.45) is 9.51. The Hall–Kier alpha value is -0.300. The fraction of sp³-hybridized carbons (Fsp3) is 0.750. The van der Waals surface area contributed by atoms with Crippen LogP contribution in [0.5, 0.6) is 0 Å². The highest BCUT2D eigenvalue weighted by Gasteiger charge is 2.45. The van der Waals surface area contributed by atoms with Crippen molar-refractivity contribution in [1.29, 1.82) is 0 Å². The van der Waals surface area contributed by atoms with E-state index in [0.717, 1.165) is 5.92 Å². The molecule has 0 aromatic carbocycles. The van der Waals surface area contributed by atoms with Gasteiger partial charge in [0, 0.05) is 5.54 Å². The summed E-state index contributed by atoms with van der Waals surface area (Å²) in [6.45, 7) is 0. The van der Waals surface area contributed by atoms with Gasteiger partial charge in [-0.25, -0.2) is 0 Å². The molecular weight excluding hydrogens is 110 g/mol. The smallest absolute Gasteiger partial charge is 0.0190 e. The minimum atomic E-state index is 0.267. The van der Waals surface area contributed by atoms with Crippen molar-refractivity contribution in [3.05, 3.63) is 12.2 Å². The van der Waals surface area contributed by atoms with Crippen molar-refractivity contribution in [2.45, 2.75) is 31.2 Å². The molecule has 1 nitrogen and oxygen atoms in total. The number of hydrogen-bond donors (Lipinski definition) is 1. The van der Waals surface area contributed by atoms with Crippen molar-refractivity contribution in [2.75, 3.05) is 0 Å². The molecule has 2 aliphatic carbocycles. The van der Waals surface area contributed by atoms with Crippen LogP contribution in [0.25, 0.3) is 0 Å². The van der Waals surface area contributed by atoms with E-state index in [9.17, 15) is 0 Å². The molecule has 0 saturated heterocycles. The lowest BCUT2D eigenvalue weighted by atomic mass is 9.96. The van der Waals surface area contributed by atoms with Crippen LogP contribution < -0.4 is 5.73 Å². The van der Waals surface area contributed by atoms with E-state index in [1.165, 1.54) is 25.7 Å². The van der Waals surface area contributed by atoms with Crippen LogP contribution in [0.1, 0.15) is 25.7 Å². The third-order valence-electron chi connectivity index (χ3n) is 2.65. The standard InChI is InChI=1S/C8H13N/c9-8(5-6-8)7-3-1-2-4-7/h1-2,7H,3-6,9H2. The predicted octanol–water partition coefficient (Wildman–Crippen LogP) is 1.44. The second kappa shape index (κ2) is 1.60. The first-order valence-electron chi connectivity index (χ1n) is 3.75. The van der Waals surface area contributed by atoms with E-state index in [4.69, 9.17) is 5.73 Å². The van der Waals surface area contributed by atoms with Gasteiger partial charge in [-0.2, -0.15) is 0 Å². The van der Waals surface area contributed by atoms with Crippen LogP contribution in [0, 0.1) is 5.92 Å². The maximum atomic E-state index is 6.01. The van der Waals surface area contributed by atoms with Gasteiger partial charge in [0.15, 0.2) is 0 Å². The first-order chi connectivity index (χ1) is 4.31. The van der Waals surface area contributed by atoms with Gasteiger partial charge in [0.05, 0.1) is 0 Å². The summed E-state index contributed by atoms with van der Waals surface area (Å²) in [5.41, 5.74) is 6.28. The molecule has 0 amide bonds. The molecule has 0 heterocycles. The van der Waals surface area contributed by atoms with Crippen LogP contribution >= 0.6 is 0 Å². The third kappa shape index (κ3) is 0.799. The Morgan fingerprint density at radius 3 is 2.22 bits per heavy atom. The molecule has 1 saturated carbocycles. The third-order valence-corrected chi connectivity index (χ3v) is 2.65. The van der Waals surface area contributed by atoms with Gasteiger partial charge in [0.2, 0.25) is 0 Å². The Bertz CT molecular complexity index is 137. The quantitative estimate of drug-likeness (QED) is 0.525. The highest BCUT2D eigenvalue weighted by Crippen LogP contribution is 2.44. The van der Waals surface area contributed by atoms with Gasteiger partial charge in [0.25, 0.3) is 0 Å². The topological polar surface area (TPSA) is 26.0 Å². The summed E-state index contributed by atoms with van der Waals surface area (Å²) < 4.78 is 0. The molecule has 2 rings (SSSR count). The van der Waals surface area contributed by atoms with Gasteiger partial charge in [-0.3, -0.25) is 0 Å². The molecule has 2 aliphatic rings. The molecule has 0 spiro atoms. The summed E-state index contributed by atoms with van der Waals surface area (Å²) in [5, 5.41) is 0. The van der Waals surface area contributed by atoms with Crippen molar-refractivity contribution < 1.29 is 0 Å². The Kier molecular flexibility index (Phi) is 0.974. The van der Waals surface area contributed by atoms with Crippen molar-refractivity contribution in [3.63, 3.8) is 0 Å². The van der Waals surface area contributed by atoms with E-state index in [1.807, 2.05) is 0 Å². The van der Waals surface area contributed by atoms with Crippen molar-refractivity contribution >= 4 is 0 Å². The fourth-order valence-corrected chi connectivity index (χ4v) is 1.64. The zero-order valence-corrected chi connectivity index (χ0v) is 5.64. The average molecular weight is 123 g/mol. The Morgan fingerprint density at radius 2 is 1.78 bits per heavy atom. The second-order valence-electron chi connectivity index (χ2n) is 3.37. The summed E-state index contributed by atoms with van der Waals surface area (Å²) in [7, 11) is 0. The SMILES string of the molecule is NC1(C2CC=CC2)CC1. The van der Waals surface area contributed by atoms with E-state index >= 15 is 0 Å². The van der Waals surface area contributed by atoms with Crippen LogP contribution in [-0.4, -0.2) is 5.54 Å². The minimum absolute atomic E-state index is 0.267. The summed E-state index contributed by atoms with van der Waals surface area (Å²) in [6, 6.07) is 0. The fourth-order valence-electron chi connectivity index (χ4n) is 1.64. The van der Waals surface area contributed by atoms with E-state index in [-0.39, 0.29) is 5.54 Å². The summed E-state index contributed by atoms with van der Waals surface area (Å²) in [4.78, 5) is 0. The molecular formula is C8H13N. The molecule has 0 aromatic heterocycles. The largest absolute Gasteiger partial charge is 0.325 e. The zero-order valence-electron chi connectivity index (χ0n) is 5.64. The number of hydrogen-bond acceptors (Lipinski definition) is 1. The lowest BCUT2D eigenvalue weighted by Gasteiger charge is -2.16. The molecule has 0 unspecified atom stereocenters. The Labute approximate surface area is 55.9 Å². The van der Waals surface area contributed by atoms with Crippen LogP contribution in [0.3, 0.4) is 0 Å². The predicted molar refractivity (Wildman–Crippen MR) is 38.0 cm³/mol. The van der Waals surface area contributed by atoms with E-state index in [2.05, 4.69) is 12.2 Å². The highest BCUT2D eigenvalue weighted by molar-refractivity contribution is 5.11. The van der Waals surface area contributed by atoms with Crippen LogP contribution in [0.2, 0.25) is 0 Å². The maximum absolute atomic E-state index is 6.01. The van der Waals surface area contributed by atoms with E-state index in [1.54, 1.807) is 0 Å². The average Bonchev–Trinajstić information content (AvgIpc) is 2.46. The number of nitrogens with two attached hydrogens (primary N) is 1. The molecule has 50 valence electrons. The second-order valence-corrected chi connectivity index (χ2v) is 3.37. The van der Waals surface area contributed by atoms with Crippen molar-refractivity contribution in [2.24, 2.45) is 11.7 Å². The van der Waals surface area contributed by atoms with Gasteiger partial charge in [0.1, 0.15) is 0 Å². The van der Waals surface area contributed by atoms with Crippen LogP contribution in [-0.2, 0) is 0 Å². The van der Waals surface area contributed by atoms with Crippen molar-refractivity contribution in [3.8, 4) is 0 Å².